The molecule has 3 heterocycles. The van der Waals surface area contributed by atoms with E-state index < -0.39 is 0 Å². The summed E-state index contributed by atoms with van der Waals surface area (Å²) >= 11 is 0. The van der Waals surface area contributed by atoms with Gasteiger partial charge in [-0.05, 0) is 50.4 Å². The van der Waals surface area contributed by atoms with Crippen molar-refractivity contribution in [1.29, 1.82) is 0 Å². The van der Waals surface area contributed by atoms with Crippen LogP contribution in [0.15, 0.2) is 37.1 Å². The first kappa shape index (κ1) is 14.7. The molecule has 2 aromatic rings. The van der Waals surface area contributed by atoms with E-state index in [1.807, 2.05) is 22.9 Å². The van der Waals surface area contributed by atoms with Crippen LogP contribution in [-0.2, 0) is 4.79 Å². The predicted molar refractivity (Wildman–Crippen MR) is 84.8 cm³/mol. The Morgan fingerprint density at radius 1 is 1.36 bits per heavy atom. The maximum absolute atomic E-state index is 12.0. The van der Waals surface area contributed by atoms with Crippen LogP contribution in [0.1, 0.15) is 25.7 Å². The molecule has 22 heavy (non-hydrogen) atoms. The Kier molecular flexibility index (Phi) is 4.80. The highest BCUT2D eigenvalue weighted by atomic mass is 16.1. The summed E-state index contributed by atoms with van der Waals surface area (Å²) in [7, 11) is 0. The molecule has 6 nitrogen and oxygen atoms in total. The number of aromatic nitrogens is 3. The maximum atomic E-state index is 12.0. The van der Waals surface area contributed by atoms with E-state index in [4.69, 9.17) is 0 Å². The molecule has 6 heteroatoms. The topological polar surface area (TPSA) is 71.8 Å². The Bertz CT molecular complexity index is 588. The first-order chi connectivity index (χ1) is 10.8. The minimum Gasteiger partial charge on any atom is -0.325 e. The number of hydrogen-bond donors (Lipinski definition) is 2. The van der Waals surface area contributed by atoms with E-state index >= 15 is 0 Å². The van der Waals surface area contributed by atoms with E-state index in [0.717, 1.165) is 31.0 Å². The highest BCUT2D eigenvalue weighted by Gasteiger charge is 2.14. The number of hydrogen-bond acceptors (Lipinski definition) is 4. The number of piperidine rings is 1. The van der Waals surface area contributed by atoms with Crippen molar-refractivity contribution in [2.75, 3.05) is 18.4 Å². The number of rotatable bonds is 5. The monoisotopic (exact) mass is 299 g/mol. The summed E-state index contributed by atoms with van der Waals surface area (Å²) in [6.45, 7) is 2.15. The van der Waals surface area contributed by atoms with Crippen molar-refractivity contribution in [3.05, 3.63) is 37.1 Å². The Hall–Kier alpha value is -2.21. The molecule has 0 unspecified atom stereocenters. The second-order valence-electron chi connectivity index (χ2n) is 5.66. The zero-order valence-electron chi connectivity index (χ0n) is 12.5. The average molecular weight is 299 g/mol. The van der Waals surface area contributed by atoms with Crippen LogP contribution < -0.4 is 10.6 Å². The van der Waals surface area contributed by atoms with Gasteiger partial charge in [0.15, 0.2) is 0 Å². The number of imidazole rings is 1. The summed E-state index contributed by atoms with van der Waals surface area (Å²) in [5.74, 6) is 1.52. The van der Waals surface area contributed by atoms with Gasteiger partial charge in [-0.25, -0.2) is 9.97 Å². The lowest BCUT2D eigenvalue weighted by molar-refractivity contribution is -0.116. The van der Waals surface area contributed by atoms with Gasteiger partial charge in [-0.1, -0.05) is 0 Å². The molecule has 2 N–H and O–H groups in total. The number of anilines is 1. The van der Waals surface area contributed by atoms with Gasteiger partial charge in [-0.2, -0.15) is 0 Å². The van der Waals surface area contributed by atoms with E-state index in [1.54, 1.807) is 18.7 Å². The van der Waals surface area contributed by atoms with Gasteiger partial charge in [0.25, 0.3) is 0 Å². The molecule has 0 spiro atoms. The maximum Gasteiger partial charge on any atom is 0.224 e. The fraction of sp³-hybridized carbons (Fsp3) is 0.438. The van der Waals surface area contributed by atoms with Crippen LogP contribution in [0.5, 0.6) is 0 Å². The third kappa shape index (κ3) is 3.92. The van der Waals surface area contributed by atoms with E-state index in [-0.39, 0.29) is 5.91 Å². The fourth-order valence-corrected chi connectivity index (χ4v) is 2.74. The van der Waals surface area contributed by atoms with Gasteiger partial charge in [0.05, 0.1) is 11.9 Å². The lowest BCUT2D eigenvalue weighted by atomic mass is 9.93. The summed E-state index contributed by atoms with van der Waals surface area (Å²) in [6, 6.07) is 3.73. The molecule has 0 radical (unpaired) electrons. The van der Waals surface area contributed by atoms with Crippen molar-refractivity contribution in [2.45, 2.75) is 25.7 Å². The molecular formula is C16H21N5O. The fourth-order valence-electron chi connectivity index (χ4n) is 2.74. The van der Waals surface area contributed by atoms with Gasteiger partial charge >= 0.3 is 0 Å². The molecule has 1 saturated heterocycles. The molecule has 0 atom stereocenters. The predicted octanol–water partition coefficient (Wildman–Crippen LogP) is 1.99. The van der Waals surface area contributed by atoms with E-state index in [9.17, 15) is 4.79 Å². The molecule has 0 aromatic carbocycles. The van der Waals surface area contributed by atoms with Crippen molar-refractivity contribution < 1.29 is 4.79 Å². The van der Waals surface area contributed by atoms with Crippen molar-refractivity contribution in [2.24, 2.45) is 5.92 Å². The number of nitrogens with one attached hydrogen (secondary N) is 2. The molecule has 2 aromatic heterocycles. The number of amides is 1. The van der Waals surface area contributed by atoms with Gasteiger partial charge < -0.3 is 10.6 Å². The Morgan fingerprint density at radius 2 is 2.23 bits per heavy atom. The quantitative estimate of drug-likeness (QED) is 0.885. The molecule has 1 fully saturated rings. The Labute approximate surface area is 130 Å². The standard InChI is InChI=1S/C16H21N5O/c22-16(4-1-13-5-7-17-8-6-13)20-14-2-3-15(19-11-14)21-10-9-18-12-21/h2-3,9-13,17H,1,4-8H2,(H,20,22). The lowest BCUT2D eigenvalue weighted by Crippen LogP contribution is -2.28. The highest BCUT2D eigenvalue weighted by molar-refractivity contribution is 5.90. The molecular weight excluding hydrogens is 278 g/mol. The number of carbonyl (C=O) groups is 1. The third-order valence-electron chi connectivity index (χ3n) is 4.04. The largest absolute Gasteiger partial charge is 0.325 e. The number of nitrogens with zero attached hydrogens (tertiary/aromatic N) is 3. The average Bonchev–Trinajstić information content (AvgIpc) is 3.09. The van der Waals surface area contributed by atoms with Crippen LogP contribution in [0, 0.1) is 5.92 Å². The van der Waals surface area contributed by atoms with Crippen molar-refractivity contribution in [3.8, 4) is 5.82 Å². The Balaban J connectivity index is 1.48. The minimum atomic E-state index is 0.0655. The molecule has 0 bridgehead atoms. The van der Waals surface area contributed by atoms with Crippen LogP contribution in [0.4, 0.5) is 5.69 Å². The van der Waals surface area contributed by atoms with Crippen LogP contribution >= 0.6 is 0 Å². The van der Waals surface area contributed by atoms with Crippen molar-refractivity contribution >= 4 is 11.6 Å². The summed E-state index contributed by atoms with van der Waals surface area (Å²) < 4.78 is 1.82. The van der Waals surface area contributed by atoms with E-state index in [0.29, 0.717) is 12.3 Å². The van der Waals surface area contributed by atoms with Crippen LogP contribution in [0.3, 0.4) is 0 Å². The summed E-state index contributed by atoms with van der Waals surface area (Å²) in [5, 5.41) is 6.26. The zero-order valence-corrected chi connectivity index (χ0v) is 12.5. The van der Waals surface area contributed by atoms with E-state index in [1.165, 1.54) is 12.8 Å². The number of pyridine rings is 1. The summed E-state index contributed by atoms with van der Waals surface area (Å²) in [6.07, 6.45) is 10.8. The molecule has 1 aliphatic heterocycles. The summed E-state index contributed by atoms with van der Waals surface area (Å²) in [4.78, 5) is 20.3. The normalized spacial score (nSPS) is 15.6. The molecule has 1 aliphatic rings. The first-order valence-corrected chi connectivity index (χ1v) is 7.76. The number of carbonyl (C=O) groups excluding carboxylic acids is 1. The zero-order chi connectivity index (χ0) is 15.2. The van der Waals surface area contributed by atoms with Crippen LogP contribution in [0.2, 0.25) is 0 Å². The third-order valence-corrected chi connectivity index (χ3v) is 4.04. The smallest absolute Gasteiger partial charge is 0.224 e. The SMILES string of the molecule is O=C(CCC1CCNCC1)Nc1ccc(-n2ccnc2)nc1. The van der Waals surface area contributed by atoms with Crippen LogP contribution in [0.25, 0.3) is 5.82 Å². The second kappa shape index (κ2) is 7.17. The first-order valence-electron chi connectivity index (χ1n) is 7.76. The van der Waals surface area contributed by atoms with E-state index in [2.05, 4.69) is 20.6 Å². The molecule has 1 amide bonds. The van der Waals surface area contributed by atoms with Gasteiger partial charge in [0.1, 0.15) is 12.1 Å². The van der Waals surface area contributed by atoms with Gasteiger partial charge in [0, 0.05) is 18.8 Å². The summed E-state index contributed by atoms with van der Waals surface area (Å²) in [5.41, 5.74) is 0.735. The Morgan fingerprint density at radius 3 is 2.91 bits per heavy atom. The lowest BCUT2D eigenvalue weighted by Gasteiger charge is -2.22. The molecule has 116 valence electrons. The molecule has 3 rings (SSSR count). The second-order valence-corrected chi connectivity index (χ2v) is 5.66. The highest BCUT2D eigenvalue weighted by Crippen LogP contribution is 2.18. The van der Waals surface area contributed by atoms with Crippen LogP contribution in [-0.4, -0.2) is 33.5 Å². The van der Waals surface area contributed by atoms with Gasteiger partial charge in [0.2, 0.25) is 5.91 Å². The van der Waals surface area contributed by atoms with Gasteiger partial charge in [-0.3, -0.25) is 9.36 Å². The van der Waals surface area contributed by atoms with Crippen molar-refractivity contribution in [1.82, 2.24) is 19.9 Å². The molecule has 0 saturated carbocycles. The van der Waals surface area contributed by atoms with Crippen molar-refractivity contribution in [3.63, 3.8) is 0 Å². The molecule has 0 aliphatic carbocycles. The minimum absolute atomic E-state index is 0.0655. The van der Waals surface area contributed by atoms with Gasteiger partial charge in [-0.15, -0.1) is 0 Å².